The molecule has 0 bridgehead atoms. The molecule has 0 aliphatic carbocycles. The van der Waals surface area contributed by atoms with Crippen LogP contribution < -0.4 is 0 Å². The summed E-state index contributed by atoms with van der Waals surface area (Å²) in [5.74, 6) is -0.706. The molecule has 0 amide bonds. The first-order chi connectivity index (χ1) is 14.4. The zero-order valence-corrected chi connectivity index (χ0v) is 21.5. The van der Waals surface area contributed by atoms with E-state index in [-0.39, 0.29) is 5.92 Å². The van der Waals surface area contributed by atoms with Crippen molar-refractivity contribution in [1.29, 1.82) is 0 Å². The van der Waals surface area contributed by atoms with E-state index in [1.807, 2.05) is 13.8 Å². The summed E-state index contributed by atoms with van der Waals surface area (Å²) >= 11 is 0. The Labute approximate surface area is 189 Å². The van der Waals surface area contributed by atoms with E-state index in [0.29, 0.717) is 26.4 Å². The molecule has 0 rings (SSSR count). The lowest BCUT2D eigenvalue weighted by atomic mass is 9.94. The lowest BCUT2D eigenvalue weighted by Crippen LogP contribution is -2.47. The maximum absolute atomic E-state index is 6.24. The van der Waals surface area contributed by atoms with Crippen LogP contribution in [0.15, 0.2) is 12.2 Å². The van der Waals surface area contributed by atoms with Gasteiger partial charge in [-0.2, -0.15) is 0 Å². The van der Waals surface area contributed by atoms with Gasteiger partial charge < -0.3 is 18.9 Å². The molecule has 0 aromatic rings. The van der Waals surface area contributed by atoms with Crippen LogP contribution in [0.2, 0.25) is 0 Å². The van der Waals surface area contributed by atoms with Crippen LogP contribution in [0.4, 0.5) is 0 Å². The molecule has 0 radical (unpaired) electrons. The average molecular weight is 431 g/mol. The molecule has 0 aliphatic heterocycles. The summed E-state index contributed by atoms with van der Waals surface area (Å²) in [7, 11) is 1.76. The summed E-state index contributed by atoms with van der Waals surface area (Å²) < 4.78 is 24.1. The Morgan fingerprint density at radius 3 is 1.50 bits per heavy atom. The van der Waals surface area contributed by atoms with Crippen LogP contribution in [0.25, 0.3) is 0 Å². The molecule has 0 N–H and O–H groups in total. The minimum absolute atomic E-state index is 0.207. The molecule has 0 heterocycles. The SMILES string of the molecule is C=C(C)C.CCCCCCCCC(CCOC)C(OCCC)(OCCC)OCCC. The molecular weight excluding hydrogens is 376 g/mol. The van der Waals surface area contributed by atoms with E-state index < -0.39 is 5.97 Å². The fraction of sp³-hybridized carbons (Fsp3) is 0.923. The topological polar surface area (TPSA) is 36.9 Å². The summed E-state index contributed by atoms with van der Waals surface area (Å²) in [5.41, 5.74) is 1.17. The lowest BCUT2D eigenvalue weighted by Gasteiger charge is -2.40. The molecule has 0 saturated carbocycles. The van der Waals surface area contributed by atoms with Crippen LogP contribution in [0.5, 0.6) is 0 Å². The first-order valence-electron chi connectivity index (χ1n) is 12.5. The minimum atomic E-state index is -0.913. The van der Waals surface area contributed by atoms with E-state index in [0.717, 1.165) is 32.1 Å². The second-order valence-corrected chi connectivity index (χ2v) is 8.39. The third kappa shape index (κ3) is 18.4. The van der Waals surface area contributed by atoms with Crippen molar-refractivity contribution in [3.63, 3.8) is 0 Å². The highest BCUT2D eigenvalue weighted by Gasteiger charge is 2.42. The van der Waals surface area contributed by atoms with Crippen molar-refractivity contribution >= 4 is 0 Å². The van der Waals surface area contributed by atoms with Gasteiger partial charge in [-0.1, -0.05) is 71.8 Å². The number of rotatable bonds is 20. The zero-order valence-electron chi connectivity index (χ0n) is 21.5. The van der Waals surface area contributed by atoms with Crippen molar-refractivity contribution in [3.8, 4) is 0 Å². The Balaban J connectivity index is 0. The van der Waals surface area contributed by atoms with Gasteiger partial charge in [0.2, 0.25) is 0 Å². The van der Waals surface area contributed by atoms with Gasteiger partial charge in [-0.15, -0.1) is 6.58 Å². The summed E-state index contributed by atoms with van der Waals surface area (Å²) in [6.45, 7) is 18.8. The Bertz CT molecular complexity index is 331. The smallest absolute Gasteiger partial charge is 0.285 e. The van der Waals surface area contributed by atoms with Crippen molar-refractivity contribution in [2.75, 3.05) is 33.5 Å². The van der Waals surface area contributed by atoms with Gasteiger partial charge in [0, 0.05) is 19.6 Å². The zero-order chi connectivity index (χ0) is 23.1. The molecule has 0 aliphatic rings. The Morgan fingerprint density at radius 1 is 0.667 bits per heavy atom. The molecule has 30 heavy (non-hydrogen) atoms. The minimum Gasteiger partial charge on any atom is -0.385 e. The number of allylic oxidation sites excluding steroid dienone is 1. The van der Waals surface area contributed by atoms with E-state index in [4.69, 9.17) is 18.9 Å². The van der Waals surface area contributed by atoms with E-state index in [1.165, 1.54) is 44.1 Å². The Kier molecular flexibility index (Phi) is 24.6. The van der Waals surface area contributed by atoms with Gasteiger partial charge in [0.25, 0.3) is 5.97 Å². The molecule has 1 atom stereocenters. The maximum Gasteiger partial charge on any atom is 0.285 e. The molecule has 1 unspecified atom stereocenters. The van der Waals surface area contributed by atoms with E-state index in [1.54, 1.807) is 7.11 Å². The van der Waals surface area contributed by atoms with Gasteiger partial charge >= 0.3 is 0 Å². The average Bonchev–Trinajstić information content (AvgIpc) is 2.72. The van der Waals surface area contributed by atoms with Gasteiger partial charge in [0.05, 0.1) is 19.8 Å². The molecule has 0 aromatic heterocycles. The molecule has 4 heteroatoms. The lowest BCUT2D eigenvalue weighted by molar-refractivity contribution is -0.407. The monoisotopic (exact) mass is 430 g/mol. The second kappa shape index (κ2) is 23.2. The van der Waals surface area contributed by atoms with Gasteiger partial charge in [-0.25, -0.2) is 0 Å². The molecular formula is C26H54O4. The normalized spacial score (nSPS) is 12.4. The first kappa shape index (κ1) is 31.8. The Morgan fingerprint density at radius 2 is 1.10 bits per heavy atom. The number of methoxy groups -OCH3 is 1. The summed E-state index contributed by atoms with van der Waals surface area (Å²) in [4.78, 5) is 0. The van der Waals surface area contributed by atoms with Crippen molar-refractivity contribution in [3.05, 3.63) is 12.2 Å². The standard InChI is InChI=1S/C22H46O4.C4H8/c1-6-10-11-12-13-14-15-21(16-20-23-5)22(24-17-7-2,25-18-8-3)26-19-9-4;1-4(2)3/h21H,6-20H2,1-5H3;1H2,2-3H3. The van der Waals surface area contributed by atoms with Crippen molar-refractivity contribution < 1.29 is 18.9 Å². The summed E-state index contributed by atoms with van der Waals surface area (Å²) in [6.07, 6.45) is 12.6. The predicted octanol–water partition coefficient (Wildman–Crippen LogP) is 7.91. The molecule has 0 fully saturated rings. The fourth-order valence-electron chi connectivity index (χ4n) is 3.14. The third-order valence-electron chi connectivity index (χ3n) is 4.60. The number of hydrogen-bond donors (Lipinski definition) is 0. The van der Waals surface area contributed by atoms with Gasteiger partial charge in [0.1, 0.15) is 0 Å². The third-order valence-corrected chi connectivity index (χ3v) is 4.60. The van der Waals surface area contributed by atoms with Crippen LogP contribution in [-0.4, -0.2) is 39.5 Å². The summed E-state index contributed by atoms with van der Waals surface area (Å²) in [6, 6.07) is 0. The van der Waals surface area contributed by atoms with E-state index in [2.05, 4.69) is 34.3 Å². The van der Waals surface area contributed by atoms with Gasteiger partial charge in [-0.3, -0.25) is 0 Å². The highest BCUT2D eigenvalue weighted by molar-refractivity contribution is 4.79. The van der Waals surface area contributed by atoms with Crippen LogP contribution in [0.1, 0.15) is 112 Å². The molecule has 0 spiro atoms. The van der Waals surface area contributed by atoms with Crippen molar-refractivity contribution in [2.45, 2.75) is 118 Å². The number of unbranched alkanes of at least 4 members (excludes halogenated alkanes) is 5. The van der Waals surface area contributed by atoms with Crippen molar-refractivity contribution in [1.82, 2.24) is 0 Å². The Hall–Kier alpha value is -0.420. The van der Waals surface area contributed by atoms with Crippen LogP contribution >= 0.6 is 0 Å². The summed E-state index contributed by atoms with van der Waals surface area (Å²) in [5, 5.41) is 0. The predicted molar refractivity (Wildman–Crippen MR) is 130 cm³/mol. The highest BCUT2D eigenvalue weighted by atomic mass is 16.9. The second-order valence-electron chi connectivity index (χ2n) is 8.39. The number of ether oxygens (including phenoxy) is 4. The number of hydrogen-bond acceptors (Lipinski definition) is 4. The first-order valence-corrected chi connectivity index (χ1v) is 12.5. The van der Waals surface area contributed by atoms with Crippen LogP contribution in [0, 0.1) is 5.92 Å². The molecule has 4 nitrogen and oxygen atoms in total. The largest absolute Gasteiger partial charge is 0.385 e. The molecule has 0 saturated heterocycles. The van der Waals surface area contributed by atoms with Crippen LogP contribution in [-0.2, 0) is 18.9 Å². The maximum atomic E-state index is 6.24. The molecule has 0 aromatic carbocycles. The van der Waals surface area contributed by atoms with Gasteiger partial charge in [-0.05, 0) is 46.0 Å². The molecule has 182 valence electrons. The fourth-order valence-corrected chi connectivity index (χ4v) is 3.14. The van der Waals surface area contributed by atoms with Crippen LogP contribution in [0.3, 0.4) is 0 Å². The quantitative estimate of drug-likeness (QED) is 0.112. The highest BCUT2D eigenvalue weighted by Crippen LogP contribution is 2.34. The van der Waals surface area contributed by atoms with Crippen molar-refractivity contribution in [2.24, 2.45) is 5.92 Å². The van der Waals surface area contributed by atoms with Gasteiger partial charge in [0.15, 0.2) is 0 Å². The van der Waals surface area contributed by atoms with E-state index >= 15 is 0 Å². The van der Waals surface area contributed by atoms with E-state index in [9.17, 15) is 0 Å².